The third-order valence-electron chi connectivity index (χ3n) is 3.77. The smallest absolute Gasteiger partial charge is 0.0329 e. The van der Waals surface area contributed by atoms with Gasteiger partial charge in [-0.25, -0.2) is 0 Å². The Morgan fingerprint density at radius 3 is 2.47 bits per heavy atom. The fourth-order valence-electron chi connectivity index (χ4n) is 2.31. The van der Waals surface area contributed by atoms with Gasteiger partial charge in [0.1, 0.15) is 0 Å². The highest BCUT2D eigenvalue weighted by Crippen LogP contribution is 2.26. The number of benzene rings is 1. The first kappa shape index (κ1) is 12.6. The molecule has 1 aliphatic rings. The van der Waals surface area contributed by atoms with Crippen molar-refractivity contribution in [3.05, 3.63) is 35.4 Å². The summed E-state index contributed by atoms with van der Waals surface area (Å²) in [5, 5.41) is 3.43. The summed E-state index contributed by atoms with van der Waals surface area (Å²) in [5.74, 6) is 0. The van der Waals surface area contributed by atoms with E-state index in [-0.39, 0.29) is 0 Å². The van der Waals surface area contributed by atoms with Crippen molar-refractivity contribution in [2.45, 2.75) is 38.3 Å². The van der Waals surface area contributed by atoms with E-state index in [1.807, 2.05) is 0 Å². The predicted molar refractivity (Wildman–Crippen MR) is 73.2 cm³/mol. The summed E-state index contributed by atoms with van der Waals surface area (Å²) in [6.45, 7) is 3.32. The molecule has 94 valence electrons. The van der Waals surface area contributed by atoms with Gasteiger partial charge in [-0.3, -0.25) is 0 Å². The van der Waals surface area contributed by atoms with Crippen LogP contribution in [0.2, 0.25) is 0 Å². The fraction of sp³-hybridized carbons (Fsp3) is 0.600. The molecule has 2 nitrogen and oxygen atoms in total. The molecular formula is C15H24N2. The normalized spacial score (nSPS) is 17.4. The van der Waals surface area contributed by atoms with Gasteiger partial charge in [0, 0.05) is 12.1 Å². The first-order chi connectivity index (χ1) is 8.20. The first-order valence-corrected chi connectivity index (χ1v) is 6.65. The second kappa shape index (κ2) is 5.65. The molecule has 1 saturated carbocycles. The summed E-state index contributed by atoms with van der Waals surface area (Å²) in [6, 6.07) is 10.2. The van der Waals surface area contributed by atoms with Crippen molar-refractivity contribution in [3.8, 4) is 0 Å². The highest BCUT2D eigenvalue weighted by molar-refractivity contribution is 5.24. The molecule has 1 aliphatic carbocycles. The van der Waals surface area contributed by atoms with Crippen molar-refractivity contribution < 1.29 is 0 Å². The summed E-state index contributed by atoms with van der Waals surface area (Å²) < 4.78 is 0. The van der Waals surface area contributed by atoms with Crippen LogP contribution in [0.4, 0.5) is 0 Å². The lowest BCUT2D eigenvalue weighted by Crippen LogP contribution is -2.26. The van der Waals surface area contributed by atoms with E-state index < -0.39 is 0 Å². The standard InChI is InChI=1S/C15H24N2/c1-12-4-6-13(7-5-12)15(16-2)10-11-17(3)14-8-9-14/h4-7,14-16H,8-11H2,1-3H3. The van der Waals surface area contributed by atoms with Gasteiger partial charge in [-0.2, -0.15) is 0 Å². The molecule has 1 aromatic carbocycles. The molecule has 1 fully saturated rings. The van der Waals surface area contributed by atoms with E-state index in [9.17, 15) is 0 Å². The zero-order valence-corrected chi connectivity index (χ0v) is 11.2. The molecule has 0 bridgehead atoms. The van der Waals surface area contributed by atoms with Crippen LogP contribution in [0.5, 0.6) is 0 Å². The molecule has 1 N–H and O–H groups in total. The molecule has 0 heterocycles. The Labute approximate surface area is 105 Å². The molecule has 2 heteroatoms. The van der Waals surface area contributed by atoms with Crippen LogP contribution in [0.25, 0.3) is 0 Å². The molecule has 0 amide bonds. The Bertz CT molecular complexity index is 340. The Morgan fingerprint density at radius 2 is 1.94 bits per heavy atom. The van der Waals surface area contributed by atoms with Gasteiger partial charge in [-0.15, -0.1) is 0 Å². The molecule has 0 radical (unpaired) electrons. The quantitative estimate of drug-likeness (QED) is 0.811. The summed E-state index contributed by atoms with van der Waals surface area (Å²) in [6.07, 6.45) is 3.98. The van der Waals surface area contributed by atoms with Gasteiger partial charge in [-0.05, 0) is 52.4 Å². The van der Waals surface area contributed by atoms with Crippen LogP contribution in [0.3, 0.4) is 0 Å². The Morgan fingerprint density at radius 1 is 1.29 bits per heavy atom. The van der Waals surface area contributed by atoms with Gasteiger partial charge in [0.25, 0.3) is 0 Å². The minimum atomic E-state index is 0.483. The second-order valence-electron chi connectivity index (χ2n) is 5.25. The molecule has 0 aliphatic heterocycles. The third kappa shape index (κ3) is 3.55. The van der Waals surface area contributed by atoms with Gasteiger partial charge in [0.2, 0.25) is 0 Å². The average molecular weight is 232 g/mol. The molecule has 17 heavy (non-hydrogen) atoms. The molecular weight excluding hydrogens is 208 g/mol. The van der Waals surface area contributed by atoms with Gasteiger partial charge in [0.15, 0.2) is 0 Å². The van der Waals surface area contributed by atoms with Gasteiger partial charge >= 0.3 is 0 Å². The van der Waals surface area contributed by atoms with E-state index in [4.69, 9.17) is 0 Å². The molecule has 0 aromatic heterocycles. The van der Waals surface area contributed by atoms with Crippen molar-refractivity contribution in [2.75, 3.05) is 20.6 Å². The molecule has 1 atom stereocenters. The topological polar surface area (TPSA) is 15.3 Å². The van der Waals surface area contributed by atoms with E-state index in [0.29, 0.717) is 6.04 Å². The van der Waals surface area contributed by atoms with Crippen molar-refractivity contribution >= 4 is 0 Å². The zero-order chi connectivity index (χ0) is 12.3. The SMILES string of the molecule is CNC(CCN(C)C1CC1)c1ccc(C)cc1. The maximum Gasteiger partial charge on any atom is 0.0329 e. The largest absolute Gasteiger partial charge is 0.313 e. The molecule has 1 aromatic rings. The van der Waals surface area contributed by atoms with E-state index in [2.05, 4.69) is 55.5 Å². The summed E-state index contributed by atoms with van der Waals surface area (Å²) >= 11 is 0. The summed E-state index contributed by atoms with van der Waals surface area (Å²) in [5.41, 5.74) is 2.74. The number of nitrogens with one attached hydrogen (secondary N) is 1. The van der Waals surface area contributed by atoms with Gasteiger partial charge < -0.3 is 10.2 Å². The fourth-order valence-corrected chi connectivity index (χ4v) is 2.31. The van der Waals surface area contributed by atoms with E-state index in [1.165, 1.54) is 36.9 Å². The highest BCUT2D eigenvalue weighted by atomic mass is 15.1. The number of rotatable bonds is 6. The highest BCUT2D eigenvalue weighted by Gasteiger charge is 2.26. The average Bonchev–Trinajstić information content (AvgIpc) is 3.16. The number of aryl methyl sites for hydroxylation is 1. The lowest BCUT2D eigenvalue weighted by atomic mass is 10.0. The maximum absolute atomic E-state index is 3.43. The van der Waals surface area contributed by atoms with Crippen LogP contribution >= 0.6 is 0 Å². The Balaban J connectivity index is 1.88. The second-order valence-corrected chi connectivity index (χ2v) is 5.25. The molecule has 0 saturated heterocycles. The van der Waals surface area contributed by atoms with Crippen LogP contribution in [-0.4, -0.2) is 31.6 Å². The van der Waals surface area contributed by atoms with Crippen LogP contribution in [0.15, 0.2) is 24.3 Å². The van der Waals surface area contributed by atoms with Crippen LogP contribution in [0, 0.1) is 6.92 Å². The van der Waals surface area contributed by atoms with Crippen molar-refractivity contribution in [1.29, 1.82) is 0 Å². The molecule has 0 spiro atoms. The minimum Gasteiger partial charge on any atom is -0.313 e. The third-order valence-corrected chi connectivity index (χ3v) is 3.77. The minimum absolute atomic E-state index is 0.483. The summed E-state index contributed by atoms with van der Waals surface area (Å²) in [4.78, 5) is 2.50. The summed E-state index contributed by atoms with van der Waals surface area (Å²) in [7, 11) is 4.31. The molecule has 1 unspecified atom stereocenters. The van der Waals surface area contributed by atoms with E-state index >= 15 is 0 Å². The number of hydrogen-bond acceptors (Lipinski definition) is 2. The van der Waals surface area contributed by atoms with E-state index in [0.717, 1.165) is 6.04 Å². The van der Waals surface area contributed by atoms with E-state index in [1.54, 1.807) is 0 Å². The van der Waals surface area contributed by atoms with Crippen molar-refractivity contribution in [3.63, 3.8) is 0 Å². The number of nitrogens with zero attached hydrogens (tertiary/aromatic N) is 1. The van der Waals surface area contributed by atoms with Crippen LogP contribution < -0.4 is 5.32 Å². The first-order valence-electron chi connectivity index (χ1n) is 6.65. The maximum atomic E-state index is 3.43. The Hall–Kier alpha value is -0.860. The van der Waals surface area contributed by atoms with Gasteiger partial charge in [-0.1, -0.05) is 29.8 Å². The van der Waals surface area contributed by atoms with Crippen LogP contribution in [0.1, 0.15) is 36.4 Å². The zero-order valence-electron chi connectivity index (χ0n) is 11.2. The lowest BCUT2D eigenvalue weighted by molar-refractivity contribution is 0.302. The molecule has 2 rings (SSSR count). The predicted octanol–water partition coefficient (Wildman–Crippen LogP) is 2.74. The number of hydrogen-bond donors (Lipinski definition) is 1. The van der Waals surface area contributed by atoms with Crippen LogP contribution in [-0.2, 0) is 0 Å². The van der Waals surface area contributed by atoms with Crippen molar-refractivity contribution in [1.82, 2.24) is 10.2 Å². The monoisotopic (exact) mass is 232 g/mol. The lowest BCUT2D eigenvalue weighted by Gasteiger charge is -2.21. The Kier molecular flexibility index (Phi) is 4.19. The van der Waals surface area contributed by atoms with Gasteiger partial charge in [0.05, 0.1) is 0 Å². The van der Waals surface area contributed by atoms with Crippen molar-refractivity contribution in [2.24, 2.45) is 0 Å².